The maximum Gasteiger partial charge on any atom is 0.255 e. The summed E-state index contributed by atoms with van der Waals surface area (Å²) in [6.07, 6.45) is 9.33. The van der Waals surface area contributed by atoms with Gasteiger partial charge in [-0.25, -0.2) is 0 Å². The molecule has 0 saturated carbocycles. The Labute approximate surface area is 170 Å². The van der Waals surface area contributed by atoms with Gasteiger partial charge in [-0.05, 0) is 45.0 Å². The molecule has 1 N–H and O–H groups in total. The van der Waals surface area contributed by atoms with Gasteiger partial charge in [0.15, 0.2) is 0 Å². The van der Waals surface area contributed by atoms with Gasteiger partial charge in [-0.15, -0.1) is 0 Å². The molecule has 29 heavy (non-hydrogen) atoms. The molecule has 154 valence electrons. The van der Waals surface area contributed by atoms with Gasteiger partial charge in [0.1, 0.15) is 0 Å². The van der Waals surface area contributed by atoms with Crippen LogP contribution >= 0.6 is 0 Å². The smallest absolute Gasteiger partial charge is 0.255 e. The Balaban J connectivity index is 1.57. The van der Waals surface area contributed by atoms with Gasteiger partial charge in [-0.3, -0.25) is 19.3 Å². The second kappa shape index (κ2) is 7.94. The third-order valence-electron chi connectivity index (χ3n) is 6.29. The normalized spacial score (nSPS) is 24.8. The first kappa shape index (κ1) is 19.6. The molecule has 2 aromatic heterocycles. The van der Waals surface area contributed by atoms with Gasteiger partial charge in [-0.2, -0.15) is 5.10 Å². The molecular formula is C21H28N6O2. The summed E-state index contributed by atoms with van der Waals surface area (Å²) >= 11 is 0. The molecule has 0 radical (unpaired) electrons. The third-order valence-corrected chi connectivity index (χ3v) is 6.29. The summed E-state index contributed by atoms with van der Waals surface area (Å²) in [7, 11) is 3.92. The fourth-order valence-electron chi connectivity index (χ4n) is 4.73. The Morgan fingerprint density at radius 2 is 2.10 bits per heavy atom. The first-order chi connectivity index (χ1) is 14.0. The summed E-state index contributed by atoms with van der Waals surface area (Å²) in [4.78, 5) is 34.9. The molecule has 2 aromatic rings. The second-order valence-corrected chi connectivity index (χ2v) is 8.23. The quantitative estimate of drug-likeness (QED) is 0.836. The van der Waals surface area contributed by atoms with Gasteiger partial charge in [0.2, 0.25) is 5.91 Å². The SMILES string of the molecule is CN1CC[C@]2(C(=O)NCc3cnn(C)c3)CCCN(C(=O)c3cccnc3)[C@H]2C1. The van der Waals surface area contributed by atoms with E-state index in [2.05, 4.69) is 27.3 Å². The Morgan fingerprint density at radius 1 is 1.24 bits per heavy atom. The summed E-state index contributed by atoms with van der Waals surface area (Å²) in [5.41, 5.74) is 0.998. The molecule has 2 saturated heterocycles. The third kappa shape index (κ3) is 3.76. The summed E-state index contributed by atoms with van der Waals surface area (Å²) in [6, 6.07) is 3.43. The maximum atomic E-state index is 13.4. The molecule has 8 heteroatoms. The molecule has 0 spiro atoms. The average Bonchev–Trinajstić information content (AvgIpc) is 3.16. The molecule has 0 unspecified atom stereocenters. The number of likely N-dealkylation sites (tertiary alicyclic amines) is 2. The summed E-state index contributed by atoms with van der Waals surface area (Å²) in [5.74, 6) is 0.00525. The van der Waals surface area contributed by atoms with Crippen molar-refractivity contribution < 1.29 is 9.59 Å². The highest BCUT2D eigenvalue weighted by Gasteiger charge is 2.53. The van der Waals surface area contributed by atoms with E-state index in [-0.39, 0.29) is 17.9 Å². The zero-order chi connectivity index (χ0) is 20.4. The number of aryl methyl sites for hydroxylation is 1. The van der Waals surface area contributed by atoms with Crippen LogP contribution in [0.4, 0.5) is 0 Å². The van der Waals surface area contributed by atoms with Crippen LogP contribution < -0.4 is 5.32 Å². The van der Waals surface area contributed by atoms with E-state index < -0.39 is 5.41 Å². The highest BCUT2D eigenvalue weighted by molar-refractivity contribution is 5.95. The molecule has 0 bridgehead atoms. The summed E-state index contributed by atoms with van der Waals surface area (Å²) in [5, 5.41) is 7.29. The number of nitrogens with one attached hydrogen (secondary N) is 1. The number of aromatic nitrogens is 3. The van der Waals surface area contributed by atoms with Gasteiger partial charge >= 0.3 is 0 Å². The number of piperidine rings is 2. The molecule has 8 nitrogen and oxygen atoms in total. The predicted octanol–water partition coefficient (Wildman–Crippen LogP) is 1.06. The minimum Gasteiger partial charge on any atom is -0.351 e. The average molecular weight is 396 g/mol. The number of hydrogen-bond acceptors (Lipinski definition) is 5. The fourth-order valence-corrected chi connectivity index (χ4v) is 4.73. The van der Waals surface area contributed by atoms with Crippen LogP contribution in [0.25, 0.3) is 0 Å². The van der Waals surface area contributed by atoms with Crippen molar-refractivity contribution in [3.05, 3.63) is 48.0 Å². The number of likely N-dealkylation sites (N-methyl/N-ethyl adjacent to an activating group) is 1. The number of rotatable bonds is 4. The van der Waals surface area contributed by atoms with E-state index in [1.807, 2.05) is 18.1 Å². The minimum absolute atomic E-state index is 0.0393. The van der Waals surface area contributed by atoms with Crippen molar-refractivity contribution in [3.63, 3.8) is 0 Å². The van der Waals surface area contributed by atoms with Crippen LogP contribution in [0.1, 0.15) is 35.2 Å². The van der Waals surface area contributed by atoms with Crippen LogP contribution in [0.3, 0.4) is 0 Å². The summed E-state index contributed by atoms with van der Waals surface area (Å²) in [6.45, 7) is 2.68. The van der Waals surface area contributed by atoms with Crippen LogP contribution in [-0.4, -0.2) is 69.1 Å². The van der Waals surface area contributed by atoms with E-state index in [1.54, 1.807) is 35.4 Å². The maximum absolute atomic E-state index is 13.4. The van der Waals surface area contributed by atoms with Crippen LogP contribution in [0.15, 0.2) is 36.9 Å². The second-order valence-electron chi connectivity index (χ2n) is 8.23. The monoisotopic (exact) mass is 396 g/mol. The van der Waals surface area contributed by atoms with Crippen molar-refractivity contribution in [1.82, 2.24) is 29.9 Å². The van der Waals surface area contributed by atoms with Crippen molar-refractivity contribution in [2.24, 2.45) is 12.5 Å². The Bertz CT molecular complexity index is 882. The predicted molar refractivity (Wildman–Crippen MR) is 108 cm³/mol. The van der Waals surface area contributed by atoms with Crippen LogP contribution in [-0.2, 0) is 18.4 Å². The zero-order valence-electron chi connectivity index (χ0n) is 17.0. The van der Waals surface area contributed by atoms with Crippen LogP contribution in [0.2, 0.25) is 0 Å². The van der Waals surface area contributed by atoms with Gasteiger partial charge in [0.05, 0.1) is 23.2 Å². The van der Waals surface area contributed by atoms with Crippen molar-refractivity contribution >= 4 is 11.8 Å². The number of fused-ring (bicyclic) bond motifs is 1. The Hall–Kier alpha value is -2.74. The number of hydrogen-bond donors (Lipinski definition) is 1. The molecule has 2 aliphatic rings. The van der Waals surface area contributed by atoms with E-state index in [4.69, 9.17) is 0 Å². The standard InChI is InChI=1S/C21H28N6O2/c1-25-10-7-21(20(29)23-11-16-12-24-26(2)14-16)6-4-9-27(18(21)15-25)19(28)17-5-3-8-22-13-17/h3,5,8,12-14,18H,4,6-7,9-11,15H2,1-2H3,(H,23,29)/t18-,21+/m0/s1. The largest absolute Gasteiger partial charge is 0.351 e. The highest BCUT2D eigenvalue weighted by Crippen LogP contribution is 2.43. The van der Waals surface area contributed by atoms with Crippen molar-refractivity contribution in [3.8, 4) is 0 Å². The Kier molecular flexibility index (Phi) is 5.36. The van der Waals surface area contributed by atoms with E-state index in [9.17, 15) is 9.59 Å². The van der Waals surface area contributed by atoms with Crippen molar-refractivity contribution in [2.45, 2.75) is 31.8 Å². The Morgan fingerprint density at radius 3 is 2.83 bits per heavy atom. The van der Waals surface area contributed by atoms with E-state index in [1.165, 1.54) is 0 Å². The summed E-state index contributed by atoms with van der Waals surface area (Å²) < 4.78 is 1.73. The molecule has 2 fully saturated rings. The van der Waals surface area contributed by atoms with Gasteiger partial charge in [0.25, 0.3) is 5.91 Å². The number of carbonyl (C=O) groups excluding carboxylic acids is 2. The molecular weight excluding hydrogens is 368 g/mol. The molecule has 4 rings (SSSR count). The van der Waals surface area contributed by atoms with E-state index in [0.717, 1.165) is 31.4 Å². The number of nitrogens with zero attached hydrogens (tertiary/aromatic N) is 5. The van der Waals surface area contributed by atoms with E-state index in [0.29, 0.717) is 25.2 Å². The lowest BCUT2D eigenvalue weighted by molar-refractivity contribution is -0.142. The van der Waals surface area contributed by atoms with Crippen molar-refractivity contribution in [1.29, 1.82) is 0 Å². The highest BCUT2D eigenvalue weighted by atomic mass is 16.2. The lowest BCUT2D eigenvalue weighted by Gasteiger charge is -2.53. The number of amides is 2. The lowest BCUT2D eigenvalue weighted by atomic mass is 9.67. The molecule has 2 atom stereocenters. The number of pyridine rings is 1. The first-order valence-electron chi connectivity index (χ1n) is 10.1. The molecule has 2 aliphatic heterocycles. The minimum atomic E-state index is -0.551. The zero-order valence-corrected chi connectivity index (χ0v) is 17.0. The topological polar surface area (TPSA) is 83.4 Å². The first-order valence-corrected chi connectivity index (χ1v) is 10.1. The van der Waals surface area contributed by atoms with Crippen LogP contribution in [0, 0.1) is 5.41 Å². The van der Waals surface area contributed by atoms with Gasteiger partial charge in [-0.1, -0.05) is 0 Å². The van der Waals surface area contributed by atoms with Crippen LogP contribution in [0.5, 0.6) is 0 Å². The molecule has 4 heterocycles. The van der Waals surface area contributed by atoms with Crippen molar-refractivity contribution in [2.75, 3.05) is 26.7 Å². The van der Waals surface area contributed by atoms with Gasteiger partial charge in [0, 0.05) is 50.8 Å². The molecule has 2 amide bonds. The lowest BCUT2D eigenvalue weighted by Crippen LogP contribution is -2.66. The molecule has 0 aromatic carbocycles. The van der Waals surface area contributed by atoms with E-state index >= 15 is 0 Å². The van der Waals surface area contributed by atoms with Gasteiger partial charge < -0.3 is 15.1 Å². The number of carbonyl (C=O) groups is 2. The fraction of sp³-hybridized carbons (Fsp3) is 0.524. The molecule has 0 aliphatic carbocycles.